The first-order chi connectivity index (χ1) is 14.9. The maximum Gasteiger partial charge on any atom is 0.253 e. The maximum atomic E-state index is 12.8. The van der Waals surface area contributed by atoms with Crippen molar-refractivity contribution in [3.05, 3.63) is 47.0 Å². The zero-order chi connectivity index (χ0) is 22.1. The summed E-state index contributed by atoms with van der Waals surface area (Å²) in [5.74, 6) is 1.81. The van der Waals surface area contributed by atoms with Crippen LogP contribution in [-0.4, -0.2) is 38.4 Å². The Hall–Kier alpha value is -3.07. The fraction of sp³-hybridized carbons (Fsp3) is 0.364. The average molecular weight is 440 g/mol. The van der Waals surface area contributed by atoms with E-state index in [9.17, 15) is 4.79 Å². The first-order valence-corrected chi connectivity index (χ1v) is 11.3. The third-order valence-corrected chi connectivity index (χ3v) is 5.72. The zero-order valence-electron chi connectivity index (χ0n) is 18.2. The molecule has 0 radical (unpaired) electrons. The van der Waals surface area contributed by atoms with Gasteiger partial charge in [-0.15, -0.1) is 5.10 Å². The van der Waals surface area contributed by atoms with Crippen LogP contribution in [-0.2, 0) is 11.2 Å². The third kappa shape index (κ3) is 4.10. The number of aryl methyl sites for hydroxylation is 2. The van der Waals surface area contributed by atoms with Gasteiger partial charge in [-0.2, -0.15) is 4.98 Å². The van der Waals surface area contributed by atoms with Crippen molar-refractivity contribution in [3.63, 3.8) is 0 Å². The second-order valence-electron chi connectivity index (χ2n) is 7.29. The Bertz CT molecular complexity index is 1260. The summed E-state index contributed by atoms with van der Waals surface area (Å²) in [4.78, 5) is 21.7. The summed E-state index contributed by atoms with van der Waals surface area (Å²) in [6, 6.07) is 7.42. The molecule has 0 aliphatic heterocycles. The molecule has 162 valence electrons. The van der Waals surface area contributed by atoms with E-state index in [1.165, 1.54) is 11.8 Å². The molecule has 1 N–H and O–H groups in total. The molecule has 1 atom stereocenters. The molecule has 0 saturated carbocycles. The molecule has 0 aliphatic rings. The molecule has 1 amide bonds. The van der Waals surface area contributed by atoms with Gasteiger partial charge in [0.1, 0.15) is 5.76 Å². The summed E-state index contributed by atoms with van der Waals surface area (Å²) in [6.07, 6.45) is 2.12. The molecule has 4 aromatic rings. The van der Waals surface area contributed by atoms with Crippen LogP contribution in [0.1, 0.15) is 42.6 Å². The molecule has 0 saturated heterocycles. The molecule has 31 heavy (non-hydrogen) atoms. The van der Waals surface area contributed by atoms with Gasteiger partial charge in [0, 0.05) is 22.3 Å². The highest BCUT2D eigenvalue weighted by Crippen LogP contribution is 2.31. The normalized spacial score (nSPS) is 12.4. The largest absolute Gasteiger partial charge is 0.490 e. The lowest BCUT2D eigenvalue weighted by Gasteiger charge is -2.14. The van der Waals surface area contributed by atoms with Gasteiger partial charge in [0.2, 0.25) is 11.1 Å². The number of carbonyl (C=O) groups is 1. The minimum absolute atomic E-state index is 0.115. The number of aromatic nitrogens is 4. The van der Waals surface area contributed by atoms with Gasteiger partial charge < -0.3 is 14.5 Å². The minimum atomic E-state index is -0.291. The van der Waals surface area contributed by atoms with Crippen LogP contribution in [0.15, 0.2) is 33.8 Å². The molecule has 1 unspecified atom stereocenters. The number of nitrogens with zero attached hydrogens (tertiary/aromatic N) is 4. The number of carbonyl (C=O) groups excluding carboxylic acids is 1. The number of thioether (sulfide) groups is 1. The molecule has 8 nitrogen and oxygen atoms in total. The molecule has 0 spiro atoms. The Morgan fingerprint density at radius 3 is 2.87 bits per heavy atom. The smallest absolute Gasteiger partial charge is 0.253 e. The van der Waals surface area contributed by atoms with E-state index in [1.54, 1.807) is 4.52 Å². The Kier molecular flexibility index (Phi) is 5.86. The quantitative estimate of drug-likeness (QED) is 0.435. The van der Waals surface area contributed by atoms with Gasteiger partial charge >= 0.3 is 0 Å². The SMILES string of the molecule is CCOc1cccc2cc(C(C)NC(=O)Cc3c(C)nc4nc(SC)nn4c3C)oc12. The number of para-hydroxylation sites is 1. The molecule has 1 aromatic carbocycles. The molecule has 0 bridgehead atoms. The molecular formula is C22H25N5O3S. The van der Waals surface area contributed by atoms with Crippen molar-refractivity contribution >= 4 is 34.4 Å². The van der Waals surface area contributed by atoms with Crippen LogP contribution >= 0.6 is 11.8 Å². The highest BCUT2D eigenvalue weighted by molar-refractivity contribution is 7.98. The Labute approximate surface area is 184 Å². The van der Waals surface area contributed by atoms with Gasteiger partial charge in [-0.3, -0.25) is 4.79 Å². The summed E-state index contributed by atoms with van der Waals surface area (Å²) >= 11 is 1.46. The summed E-state index contributed by atoms with van der Waals surface area (Å²) in [7, 11) is 0. The predicted octanol–water partition coefficient (Wildman–Crippen LogP) is 4.03. The number of fused-ring (bicyclic) bond motifs is 2. The Morgan fingerprint density at radius 1 is 1.32 bits per heavy atom. The second-order valence-corrected chi connectivity index (χ2v) is 8.07. The van der Waals surface area contributed by atoms with E-state index in [1.807, 2.05) is 58.2 Å². The Balaban J connectivity index is 1.54. The first kappa shape index (κ1) is 21.2. The monoisotopic (exact) mass is 439 g/mol. The number of hydrogen-bond acceptors (Lipinski definition) is 7. The topological polar surface area (TPSA) is 94.5 Å². The lowest BCUT2D eigenvalue weighted by Crippen LogP contribution is -2.28. The van der Waals surface area contributed by atoms with E-state index < -0.39 is 0 Å². The lowest BCUT2D eigenvalue weighted by molar-refractivity contribution is -0.121. The van der Waals surface area contributed by atoms with Gasteiger partial charge in [-0.05, 0) is 46.1 Å². The highest BCUT2D eigenvalue weighted by atomic mass is 32.2. The Morgan fingerprint density at radius 2 is 2.13 bits per heavy atom. The molecule has 9 heteroatoms. The standard InChI is InChI=1S/C22H25N5O3S/c1-6-29-17-9-7-8-15-10-18(30-20(15)17)13(3)23-19(28)11-16-12(2)24-21-25-22(31-5)26-27(21)14(16)4/h7-10,13H,6,11H2,1-5H3,(H,23,28). The molecule has 0 fully saturated rings. The van der Waals surface area contributed by atoms with Crippen molar-refractivity contribution in [1.82, 2.24) is 24.9 Å². The molecule has 3 heterocycles. The van der Waals surface area contributed by atoms with Crippen LogP contribution in [0.2, 0.25) is 0 Å². The van der Waals surface area contributed by atoms with E-state index in [4.69, 9.17) is 9.15 Å². The fourth-order valence-corrected chi connectivity index (χ4v) is 3.93. The number of amides is 1. The number of hydrogen-bond donors (Lipinski definition) is 1. The summed E-state index contributed by atoms with van der Waals surface area (Å²) in [5, 5.41) is 9.07. The van der Waals surface area contributed by atoms with Crippen LogP contribution in [0, 0.1) is 13.8 Å². The summed E-state index contributed by atoms with van der Waals surface area (Å²) < 4.78 is 13.3. The van der Waals surface area contributed by atoms with E-state index >= 15 is 0 Å². The van der Waals surface area contributed by atoms with Crippen molar-refractivity contribution < 1.29 is 13.9 Å². The molecule has 4 rings (SSSR count). The fourth-order valence-electron chi connectivity index (χ4n) is 3.60. The number of rotatable bonds is 7. The second kappa shape index (κ2) is 8.58. The van der Waals surface area contributed by atoms with Crippen LogP contribution in [0.25, 0.3) is 16.7 Å². The van der Waals surface area contributed by atoms with Gasteiger partial charge in [-0.1, -0.05) is 23.9 Å². The number of nitrogens with one attached hydrogen (secondary N) is 1. The molecule has 0 aliphatic carbocycles. The average Bonchev–Trinajstić information content (AvgIpc) is 3.36. The first-order valence-electron chi connectivity index (χ1n) is 10.1. The van der Waals surface area contributed by atoms with Crippen molar-refractivity contribution in [2.45, 2.75) is 45.3 Å². The van der Waals surface area contributed by atoms with Crippen LogP contribution in [0.5, 0.6) is 5.75 Å². The van der Waals surface area contributed by atoms with Crippen LogP contribution in [0.3, 0.4) is 0 Å². The van der Waals surface area contributed by atoms with Gasteiger partial charge in [0.05, 0.1) is 19.1 Å². The van der Waals surface area contributed by atoms with E-state index in [0.717, 1.165) is 22.3 Å². The number of benzene rings is 1. The van der Waals surface area contributed by atoms with Crippen LogP contribution < -0.4 is 10.1 Å². The van der Waals surface area contributed by atoms with E-state index in [2.05, 4.69) is 20.4 Å². The summed E-state index contributed by atoms with van der Waals surface area (Å²) in [5.41, 5.74) is 3.18. The van der Waals surface area contributed by atoms with Crippen molar-refractivity contribution in [3.8, 4) is 5.75 Å². The van der Waals surface area contributed by atoms with Crippen molar-refractivity contribution in [2.75, 3.05) is 12.9 Å². The lowest BCUT2D eigenvalue weighted by atomic mass is 10.1. The third-order valence-electron chi connectivity index (χ3n) is 5.18. The maximum absolute atomic E-state index is 12.8. The number of ether oxygens (including phenoxy) is 1. The summed E-state index contributed by atoms with van der Waals surface area (Å²) in [6.45, 7) is 8.22. The van der Waals surface area contributed by atoms with Crippen molar-refractivity contribution in [1.29, 1.82) is 0 Å². The van der Waals surface area contributed by atoms with Gasteiger partial charge in [0.15, 0.2) is 11.3 Å². The highest BCUT2D eigenvalue weighted by Gasteiger charge is 2.19. The van der Waals surface area contributed by atoms with Crippen molar-refractivity contribution in [2.24, 2.45) is 0 Å². The number of furan rings is 1. The van der Waals surface area contributed by atoms with Crippen LogP contribution in [0.4, 0.5) is 0 Å². The van der Waals surface area contributed by atoms with Gasteiger partial charge in [0.25, 0.3) is 5.78 Å². The minimum Gasteiger partial charge on any atom is -0.490 e. The predicted molar refractivity (Wildman–Crippen MR) is 120 cm³/mol. The van der Waals surface area contributed by atoms with Gasteiger partial charge in [-0.25, -0.2) is 9.50 Å². The van der Waals surface area contributed by atoms with E-state index in [0.29, 0.717) is 34.6 Å². The van der Waals surface area contributed by atoms with E-state index in [-0.39, 0.29) is 18.4 Å². The zero-order valence-corrected chi connectivity index (χ0v) is 19.0. The molecular weight excluding hydrogens is 414 g/mol. The molecule has 3 aromatic heterocycles.